The van der Waals surface area contributed by atoms with E-state index in [1.54, 1.807) is 12.1 Å². The number of aromatic hydroxyl groups is 2. The van der Waals surface area contributed by atoms with Crippen molar-refractivity contribution in [1.29, 1.82) is 0 Å². The molecular weight excluding hydrogens is 276 g/mol. The Morgan fingerprint density at radius 1 is 1.18 bits per heavy atom. The normalized spacial score (nSPS) is 24.3. The van der Waals surface area contributed by atoms with Crippen molar-refractivity contribution in [1.82, 2.24) is 5.32 Å². The molecule has 1 aromatic rings. The minimum atomic E-state index is -0.149. The lowest BCUT2D eigenvalue weighted by Gasteiger charge is -2.32. The smallest absolute Gasteiger partial charge is 0.162 e. The molecule has 4 nitrogen and oxygen atoms in total. The van der Waals surface area contributed by atoms with Crippen LogP contribution < -0.4 is 11.1 Å². The fourth-order valence-electron chi connectivity index (χ4n) is 3.01. The first-order chi connectivity index (χ1) is 10.6. The molecule has 2 aliphatic rings. The molecule has 0 saturated heterocycles. The van der Waals surface area contributed by atoms with E-state index < -0.39 is 0 Å². The molecule has 0 radical (unpaired) electrons. The predicted octanol–water partition coefficient (Wildman–Crippen LogP) is 2.64. The summed E-state index contributed by atoms with van der Waals surface area (Å²) >= 11 is 0. The van der Waals surface area contributed by atoms with Gasteiger partial charge in [0, 0.05) is 23.2 Å². The summed E-state index contributed by atoms with van der Waals surface area (Å²) in [7, 11) is 0. The highest BCUT2D eigenvalue weighted by molar-refractivity contribution is 5.47. The molecule has 2 aliphatic carbocycles. The molecule has 0 heterocycles. The molecule has 0 amide bonds. The topological polar surface area (TPSA) is 78.5 Å². The van der Waals surface area contributed by atoms with Gasteiger partial charge in [0.05, 0.1) is 6.04 Å². The molecule has 0 saturated carbocycles. The van der Waals surface area contributed by atoms with Gasteiger partial charge in [-0.3, -0.25) is 0 Å². The van der Waals surface area contributed by atoms with Crippen LogP contribution in [0.25, 0.3) is 0 Å². The van der Waals surface area contributed by atoms with Gasteiger partial charge in [-0.15, -0.1) is 0 Å². The summed E-state index contributed by atoms with van der Waals surface area (Å²) in [5.41, 5.74) is 9.06. The summed E-state index contributed by atoms with van der Waals surface area (Å²) in [6, 6.07) is 4.76. The van der Waals surface area contributed by atoms with E-state index in [9.17, 15) is 10.2 Å². The third-order valence-electron chi connectivity index (χ3n) is 4.16. The second-order valence-electron chi connectivity index (χ2n) is 5.67. The van der Waals surface area contributed by atoms with E-state index in [1.165, 1.54) is 11.6 Å². The van der Waals surface area contributed by atoms with Gasteiger partial charge in [-0.25, -0.2) is 0 Å². The number of benzene rings is 1. The number of hydrogen-bond acceptors (Lipinski definition) is 4. The van der Waals surface area contributed by atoms with E-state index in [4.69, 9.17) is 5.73 Å². The first kappa shape index (κ1) is 14.5. The Bertz CT molecular complexity index is 701. The van der Waals surface area contributed by atoms with Gasteiger partial charge in [0.15, 0.2) is 11.5 Å². The van der Waals surface area contributed by atoms with Crippen LogP contribution in [0, 0.1) is 5.92 Å². The zero-order chi connectivity index (χ0) is 15.7. The van der Waals surface area contributed by atoms with E-state index in [-0.39, 0.29) is 29.5 Å². The van der Waals surface area contributed by atoms with Gasteiger partial charge in [-0.05, 0) is 24.6 Å². The van der Waals surface area contributed by atoms with Crippen LogP contribution in [-0.4, -0.2) is 16.3 Å². The Kier molecular flexibility index (Phi) is 3.77. The van der Waals surface area contributed by atoms with Gasteiger partial charge in [0.2, 0.25) is 0 Å². The van der Waals surface area contributed by atoms with Crippen molar-refractivity contribution in [2.75, 3.05) is 0 Å². The Balaban J connectivity index is 1.85. The van der Waals surface area contributed by atoms with Gasteiger partial charge in [-0.1, -0.05) is 42.5 Å². The number of allylic oxidation sites excluding steroid dienone is 5. The first-order valence-corrected chi connectivity index (χ1v) is 7.37. The Morgan fingerprint density at radius 2 is 2.00 bits per heavy atom. The van der Waals surface area contributed by atoms with Crippen molar-refractivity contribution in [2.24, 2.45) is 11.7 Å². The lowest BCUT2D eigenvalue weighted by atomic mass is 9.82. The maximum Gasteiger partial charge on any atom is 0.162 e. The fraction of sp³-hybridized carbons (Fsp3) is 0.222. The van der Waals surface area contributed by atoms with Crippen LogP contribution in [0.2, 0.25) is 0 Å². The van der Waals surface area contributed by atoms with Gasteiger partial charge < -0.3 is 21.3 Å². The average molecular weight is 296 g/mol. The molecule has 3 unspecified atom stereocenters. The highest BCUT2D eigenvalue weighted by atomic mass is 16.3. The van der Waals surface area contributed by atoms with Gasteiger partial charge >= 0.3 is 0 Å². The van der Waals surface area contributed by atoms with E-state index in [0.29, 0.717) is 5.56 Å². The van der Waals surface area contributed by atoms with Crippen LogP contribution in [0.1, 0.15) is 18.5 Å². The SMILES string of the molecule is CC(NC1=CC=CC2=CC=CC(N)C21)c1cccc(O)c1O. The fourth-order valence-corrected chi connectivity index (χ4v) is 3.01. The summed E-state index contributed by atoms with van der Waals surface area (Å²) in [5.74, 6) is -0.100. The Morgan fingerprint density at radius 3 is 2.82 bits per heavy atom. The third-order valence-corrected chi connectivity index (χ3v) is 4.16. The Labute approximate surface area is 130 Å². The largest absolute Gasteiger partial charge is 0.504 e. The standard InChI is InChI=1S/C18H20N2O2/c1-11(13-7-4-10-16(21)18(13)22)20-15-9-3-6-12-5-2-8-14(19)17(12)15/h2-11,14,17,20-22H,19H2,1H3. The molecule has 4 heteroatoms. The van der Waals surface area contributed by atoms with Crippen molar-refractivity contribution < 1.29 is 10.2 Å². The molecule has 114 valence electrons. The quantitative estimate of drug-likeness (QED) is 0.647. The summed E-state index contributed by atoms with van der Waals surface area (Å²) in [4.78, 5) is 0. The number of rotatable bonds is 3. The van der Waals surface area contributed by atoms with Gasteiger partial charge in [0.25, 0.3) is 0 Å². The van der Waals surface area contributed by atoms with Crippen LogP contribution in [0.5, 0.6) is 11.5 Å². The number of fused-ring (bicyclic) bond motifs is 1. The van der Waals surface area contributed by atoms with Crippen molar-refractivity contribution in [3.8, 4) is 11.5 Å². The number of phenols is 2. The van der Waals surface area contributed by atoms with E-state index in [2.05, 4.69) is 17.5 Å². The van der Waals surface area contributed by atoms with Gasteiger partial charge in [-0.2, -0.15) is 0 Å². The molecule has 0 aromatic heterocycles. The summed E-state index contributed by atoms with van der Waals surface area (Å²) in [6.07, 6.45) is 12.1. The van der Waals surface area contributed by atoms with Crippen LogP contribution in [0.15, 0.2) is 65.9 Å². The second kappa shape index (κ2) is 5.73. The minimum Gasteiger partial charge on any atom is -0.504 e. The number of para-hydroxylation sites is 1. The zero-order valence-corrected chi connectivity index (χ0v) is 12.4. The highest BCUT2D eigenvalue weighted by Crippen LogP contribution is 2.35. The zero-order valence-electron chi connectivity index (χ0n) is 12.4. The van der Waals surface area contributed by atoms with Crippen molar-refractivity contribution >= 4 is 0 Å². The molecule has 0 spiro atoms. The average Bonchev–Trinajstić information content (AvgIpc) is 2.50. The Hall–Kier alpha value is -2.46. The first-order valence-electron chi connectivity index (χ1n) is 7.37. The maximum absolute atomic E-state index is 10.0. The number of nitrogens with two attached hydrogens (primary N) is 1. The highest BCUT2D eigenvalue weighted by Gasteiger charge is 2.28. The van der Waals surface area contributed by atoms with Crippen molar-refractivity contribution in [2.45, 2.75) is 19.0 Å². The van der Waals surface area contributed by atoms with Crippen LogP contribution >= 0.6 is 0 Å². The van der Waals surface area contributed by atoms with Crippen LogP contribution in [0.4, 0.5) is 0 Å². The second-order valence-corrected chi connectivity index (χ2v) is 5.67. The number of hydrogen-bond donors (Lipinski definition) is 4. The number of phenolic OH excluding ortho intramolecular Hbond substituents is 2. The molecule has 0 aliphatic heterocycles. The molecule has 0 fully saturated rings. The maximum atomic E-state index is 10.0. The molecule has 5 N–H and O–H groups in total. The van der Waals surface area contributed by atoms with Crippen molar-refractivity contribution in [3.63, 3.8) is 0 Å². The van der Waals surface area contributed by atoms with E-state index in [1.807, 2.05) is 31.2 Å². The monoisotopic (exact) mass is 296 g/mol. The molecule has 3 rings (SSSR count). The molecule has 0 bridgehead atoms. The summed E-state index contributed by atoms with van der Waals surface area (Å²) in [6.45, 7) is 1.95. The molecule has 22 heavy (non-hydrogen) atoms. The van der Waals surface area contributed by atoms with Gasteiger partial charge in [0.1, 0.15) is 0 Å². The third kappa shape index (κ3) is 2.53. The summed E-state index contributed by atoms with van der Waals surface area (Å²) < 4.78 is 0. The van der Waals surface area contributed by atoms with Crippen molar-refractivity contribution in [3.05, 3.63) is 71.5 Å². The van der Waals surface area contributed by atoms with Crippen LogP contribution in [-0.2, 0) is 0 Å². The molecular formula is C18H20N2O2. The number of nitrogens with one attached hydrogen (secondary N) is 1. The van der Waals surface area contributed by atoms with E-state index in [0.717, 1.165) is 5.70 Å². The minimum absolute atomic E-state index is 0.0753. The van der Waals surface area contributed by atoms with Crippen LogP contribution in [0.3, 0.4) is 0 Å². The summed E-state index contributed by atoms with van der Waals surface area (Å²) in [5, 5.41) is 23.1. The lowest BCUT2D eigenvalue weighted by Crippen LogP contribution is -2.37. The van der Waals surface area contributed by atoms with E-state index >= 15 is 0 Å². The molecule has 1 aromatic carbocycles. The molecule has 3 atom stereocenters. The predicted molar refractivity (Wildman–Crippen MR) is 87.2 cm³/mol. The lowest BCUT2D eigenvalue weighted by molar-refractivity contribution is 0.393.